The molecule has 0 radical (unpaired) electrons. The number of anilines is 1. The molecule has 84 heavy (non-hydrogen) atoms. The SMILES string of the molecule is CN(CC(=O)Nc1cc(COC(=O)N(CCS(C)(=O)=O)COCC(CO)(CO)NCc2c3c(nc4cc5c(cc24)OCO5)-c2cc4c(c(=O)n2C3)COC(=O)[C@H]4O)ccc1O[C@@H]1O[C@H](C(=O)O)[C@@H](O)[C@H](O)[C@H]1O)C(=O)CCN1C(=O)C=CC1=O. The van der Waals surface area contributed by atoms with Crippen LogP contribution in [0.3, 0.4) is 0 Å². The van der Waals surface area contributed by atoms with Gasteiger partial charge in [-0.1, -0.05) is 6.07 Å². The fraction of sp³-hybridized carbons (Fsp3) is 0.442. The number of nitrogens with one attached hydrogen (secondary N) is 2. The largest absolute Gasteiger partial charge is 0.479 e. The van der Waals surface area contributed by atoms with Gasteiger partial charge in [0.05, 0.1) is 72.4 Å². The molecule has 0 unspecified atom stereocenters. The van der Waals surface area contributed by atoms with Crippen molar-refractivity contribution in [3.05, 3.63) is 86.7 Å². The van der Waals surface area contributed by atoms with Crippen LogP contribution >= 0.6 is 0 Å². The first-order valence-electron chi connectivity index (χ1n) is 25.7. The molecule has 450 valence electrons. The summed E-state index contributed by atoms with van der Waals surface area (Å²) in [5, 5.41) is 79.5. The van der Waals surface area contributed by atoms with Gasteiger partial charge < -0.3 is 89.0 Å². The zero-order chi connectivity index (χ0) is 60.5. The number of fused-ring (bicyclic) bond motifs is 6. The van der Waals surface area contributed by atoms with Gasteiger partial charge in [-0.25, -0.2) is 27.8 Å². The van der Waals surface area contributed by atoms with Gasteiger partial charge in [0.15, 0.2) is 23.7 Å². The zero-order valence-electron chi connectivity index (χ0n) is 44.7. The number of carbonyl (C=O) groups is 7. The smallest absolute Gasteiger partial charge is 0.411 e. The Morgan fingerprint density at radius 3 is 2.32 bits per heavy atom. The van der Waals surface area contributed by atoms with Crippen LogP contribution in [0.25, 0.3) is 22.3 Å². The lowest BCUT2D eigenvalue weighted by atomic mass is 9.97. The molecule has 0 saturated carbocycles. The number of imide groups is 1. The average Bonchev–Trinajstić information content (AvgIpc) is 1.63. The Kier molecular flexibility index (Phi) is 17.7. The minimum Gasteiger partial charge on any atom is -0.479 e. The summed E-state index contributed by atoms with van der Waals surface area (Å²) in [5.74, 6) is -5.57. The number of aliphatic hydroxyl groups is 6. The zero-order valence-corrected chi connectivity index (χ0v) is 45.5. The van der Waals surface area contributed by atoms with Crippen LogP contribution in [0.5, 0.6) is 17.2 Å². The highest BCUT2D eigenvalue weighted by atomic mass is 32.2. The summed E-state index contributed by atoms with van der Waals surface area (Å²) in [6.07, 6.45) is -10.4. The van der Waals surface area contributed by atoms with E-state index in [1.807, 2.05) is 0 Å². The molecule has 32 heteroatoms. The number of aliphatic carboxylic acids is 1. The second-order valence-corrected chi connectivity index (χ2v) is 22.5. The Morgan fingerprint density at radius 1 is 0.917 bits per heavy atom. The van der Waals surface area contributed by atoms with Crippen molar-refractivity contribution in [2.45, 2.75) is 75.1 Å². The third kappa shape index (κ3) is 12.7. The third-order valence-electron chi connectivity index (χ3n) is 14.4. The number of cyclic esters (lactones) is 1. The summed E-state index contributed by atoms with van der Waals surface area (Å²) in [4.78, 5) is 110. The highest BCUT2D eigenvalue weighted by Gasteiger charge is 2.48. The van der Waals surface area contributed by atoms with Crippen molar-refractivity contribution in [1.82, 2.24) is 29.6 Å². The number of carboxylic acid groups (broad SMARTS) is 1. The van der Waals surface area contributed by atoms with Gasteiger partial charge in [-0.15, -0.1) is 0 Å². The van der Waals surface area contributed by atoms with E-state index in [1.54, 1.807) is 12.1 Å². The molecule has 5 amide bonds. The molecule has 9 N–H and O–H groups in total. The number of rotatable bonds is 23. The molecule has 1 saturated heterocycles. The molecule has 9 rings (SSSR count). The maximum Gasteiger partial charge on any atom is 0.411 e. The molecular weight excluding hydrogens is 1140 g/mol. The predicted octanol–water partition coefficient (Wildman–Crippen LogP) is -3.30. The highest BCUT2D eigenvalue weighted by Crippen LogP contribution is 2.42. The molecule has 7 heterocycles. The average molecular weight is 1200 g/mol. The van der Waals surface area contributed by atoms with Crippen LogP contribution in [-0.4, -0.2) is 218 Å². The molecular formula is C52H57N7O24S. The first-order valence-corrected chi connectivity index (χ1v) is 27.8. The summed E-state index contributed by atoms with van der Waals surface area (Å²) < 4.78 is 64.9. The molecule has 6 atom stereocenters. The van der Waals surface area contributed by atoms with Crippen LogP contribution in [-0.2, 0) is 83.9 Å². The molecule has 5 aliphatic rings. The van der Waals surface area contributed by atoms with E-state index in [2.05, 4.69) is 10.6 Å². The Labute approximate surface area is 474 Å². The van der Waals surface area contributed by atoms with Crippen molar-refractivity contribution >= 4 is 68.1 Å². The van der Waals surface area contributed by atoms with E-state index in [4.69, 9.17) is 38.1 Å². The van der Waals surface area contributed by atoms with Crippen LogP contribution in [0.1, 0.15) is 40.3 Å². The number of aliphatic hydroxyl groups excluding tert-OH is 6. The Morgan fingerprint density at radius 2 is 1.63 bits per heavy atom. The van der Waals surface area contributed by atoms with E-state index >= 15 is 0 Å². The van der Waals surface area contributed by atoms with Crippen LogP contribution in [0, 0.1) is 0 Å². The number of hydrogen-bond donors (Lipinski definition) is 9. The third-order valence-corrected chi connectivity index (χ3v) is 15.3. The lowest BCUT2D eigenvalue weighted by molar-refractivity contribution is -0.271. The Bertz CT molecular complexity index is 3520. The number of benzene rings is 2. The van der Waals surface area contributed by atoms with Crippen LogP contribution in [0.15, 0.2) is 53.3 Å². The molecule has 5 aliphatic heterocycles. The number of ether oxygens (including phenoxy) is 7. The molecule has 2 aromatic heterocycles. The number of nitrogens with zero attached hydrogens (tertiary/aromatic N) is 5. The molecule has 0 aliphatic carbocycles. The van der Waals surface area contributed by atoms with E-state index in [1.165, 1.54) is 35.9 Å². The second kappa shape index (κ2) is 24.6. The van der Waals surface area contributed by atoms with Gasteiger partial charge >= 0.3 is 18.0 Å². The molecule has 31 nitrogen and oxygen atoms in total. The number of amides is 5. The summed E-state index contributed by atoms with van der Waals surface area (Å²) in [5.41, 5.74) is -0.122. The number of hydrogen-bond acceptors (Lipinski definition) is 25. The number of likely N-dealkylation sites (N-methyl/N-ethyl adjacent to an activating group) is 1. The van der Waals surface area contributed by atoms with Gasteiger partial charge in [0.2, 0.25) is 24.9 Å². The minimum atomic E-state index is -3.73. The molecule has 2 aromatic carbocycles. The predicted molar refractivity (Wildman–Crippen MR) is 281 cm³/mol. The van der Waals surface area contributed by atoms with Gasteiger partial charge in [0, 0.05) is 74.1 Å². The van der Waals surface area contributed by atoms with Gasteiger partial charge in [-0.2, -0.15) is 0 Å². The van der Waals surface area contributed by atoms with E-state index in [9.17, 15) is 82.5 Å². The molecule has 0 bridgehead atoms. The number of aromatic nitrogens is 2. The fourth-order valence-electron chi connectivity index (χ4n) is 9.64. The quantitative estimate of drug-likeness (QED) is 0.0176. The van der Waals surface area contributed by atoms with Gasteiger partial charge in [-0.05, 0) is 35.4 Å². The van der Waals surface area contributed by atoms with E-state index in [-0.39, 0.29) is 67.6 Å². The van der Waals surface area contributed by atoms with Crippen molar-refractivity contribution in [3.63, 3.8) is 0 Å². The maximum atomic E-state index is 13.9. The highest BCUT2D eigenvalue weighted by molar-refractivity contribution is 7.90. The van der Waals surface area contributed by atoms with Crippen molar-refractivity contribution in [2.75, 3.05) is 77.4 Å². The lowest BCUT2D eigenvalue weighted by Crippen LogP contribution is -2.61. The summed E-state index contributed by atoms with van der Waals surface area (Å²) in [6, 6.07) is 8.48. The number of pyridine rings is 2. The van der Waals surface area contributed by atoms with E-state index < -0.39 is 151 Å². The van der Waals surface area contributed by atoms with Gasteiger partial charge in [0.1, 0.15) is 53.8 Å². The van der Waals surface area contributed by atoms with Gasteiger partial charge in [0.25, 0.3) is 17.4 Å². The monoisotopic (exact) mass is 1200 g/mol. The summed E-state index contributed by atoms with van der Waals surface area (Å²) >= 11 is 0. The summed E-state index contributed by atoms with van der Waals surface area (Å²) in [7, 11) is -2.48. The van der Waals surface area contributed by atoms with Gasteiger partial charge in [-0.3, -0.25) is 33.8 Å². The topological polar surface area (TPSA) is 429 Å². The van der Waals surface area contributed by atoms with E-state index in [0.29, 0.717) is 44.9 Å². The minimum absolute atomic E-state index is 0.0258. The van der Waals surface area contributed by atoms with Crippen molar-refractivity contribution in [3.8, 4) is 28.6 Å². The molecule has 4 aromatic rings. The Balaban J connectivity index is 0.906. The second-order valence-electron chi connectivity index (χ2n) is 20.3. The van der Waals surface area contributed by atoms with Crippen LogP contribution in [0.2, 0.25) is 0 Å². The van der Waals surface area contributed by atoms with Crippen molar-refractivity contribution in [2.24, 2.45) is 0 Å². The number of carboxylic acids is 1. The molecule has 0 spiro atoms. The van der Waals surface area contributed by atoms with Crippen LogP contribution in [0.4, 0.5) is 10.5 Å². The number of carbonyl (C=O) groups excluding carboxylic acids is 6. The lowest BCUT2D eigenvalue weighted by Gasteiger charge is -2.38. The fourth-order valence-corrected chi connectivity index (χ4v) is 10.2. The molecule has 1 fully saturated rings. The summed E-state index contributed by atoms with van der Waals surface area (Å²) in [6.45, 7) is -5.35. The van der Waals surface area contributed by atoms with Crippen LogP contribution < -0.4 is 30.4 Å². The number of esters is 1. The first kappa shape index (κ1) is 60.4. The maximum absolute atomic E-state index is 13.9. The Hall–Kier alpha value is -8.18. The van der Waals surface area contributed by atoms with Crippen molar-refractivity contribution in [1.29, 1.82) is 0 Å². The van der Waals surface area contributed by atoms with Crippen molar-refractivity contribution < 1.29 is 111 Å². The van der Waals surface area contributed by atoms with E-state index in [0.717, 1.165) is 33.1 Å². The standard InChI is InChI=1S/C52H57N7O24S/c1-56(38(63)7-8-58-39(64)5-6-40(58)65)17-37(62)54-32-11-25(3-4-34(32)82-50-45(69)43(67)44(68)46(83-50)48(71)72)18-79-51(74)57(9-10-84(2,75)76)23-77-22-52(20-60,21-61)53-15-28-26-13-35-36(81-24-80-35)14-31(26)55-41-29(28)16-59-33(41)12-27-30(47(59)70)19-78-49(73)42(27)66/h3-6,11-14,42-46,50,53,60-61,66-69H,7-10,15-24H2,1-2H3,(H,54,62)(H,71,72)/t42-,43-,44-,45+,46-,50+/m0/s1. The number of sulfone groups is 1. The first-order chi connectivity index (χ1) is 39.9. The normalized spacial score (nSPS) is 20.5.